The number of nitrogens with zero attached hydrogens (tertiary/aromatic N) is 1. The van der Waals surface area contributed by atoms with Crippen molar-refractivity contribution >= 4 is 17.3 Å². The third-order valence-electron chi connectivity index (χ3n) is 2.54. The van der Waals surface area contributed by atoms with E-state index in [0.29, 0.717) is 5.69 Å². The molecule has 2 N–H and O–H groups in total. The fraction of sp³-hybridized carbons (Fsp3) is 0.154. The average Bonchev–Trinajstić information content (AvgIpc) is 2.22. The van der Waals surface area contributed by atoms with Gasteiger partial charge in [-0.3, -0.25) is 4.98 Å². The molecule has 1 aromatic carbocycles. The second-order valence-electron chi connectivity index (χ2n) is 3.90. The zero-order valence-electron chi connectivity index (χ0n) is 9.29. The molecule has 0 radical (unpaired) electrons. The van der Waals surface area contributed by atoms with E-state index in [1.807, 2.05) is 38.1 Å². The zero-order valence-corrected chi connectivity index (χ0v) is 10.0. The Morgan fingerprint density at radius 2 is 1.88 bits per heavy atom. The molecule has 2 nitrogen and oxygen atoms in total. The number of anilines is 1. The third kappa shape index (κ3) is 2.02. The molecule has 3 heteroatoms. The molecule has 0 aliphatic heterocycles. The molecule has 0 amide bonds. The summed E-state index contributed by atoms with van der Waals surface area (Å²) in [5, 5.41) is 0.760. The van der Waals surface area contributed by atoms with Crippen LogP contribution < -0.4 is 5.73 Å². The van der Waals surface area contributed by atoms with E-state index in [0.717, 1.165) is 27.4 Å². The van der Waals surface area contributed by atoms with Crippen LogP contribution in [0.1, 0.15) is 11.1 Å². The normalized spacial score (nSPS) is 10.4. The molecule has 0 aliphatic rings. The molecule has 2 aromatic rings. The number of aromatic nitrogens is 1. The number of nitrogen functional groups attached to an aromatic ring is 1. The van der Waals surface area contributed by atoms with Gasteiger partial charge in [-0.1, -0.05) is 23.7 Å². The van der Waals surface area contributed by atoms with E-state index in [2.05, 4.69) is 4.98 Å². The van der Waals surface area contributed by atoms with Gasteiger partial charge in [0.15, 0.2) is 0 Å². The van der Waals surface area contributed by atoms with E-state index in [1.165, 1.54) is 0 Å². The van der Waals surface area contributed by atoms with Crippen LogP contribution in [0.2, 0.25) is 5.02 Å². The van der Waals surface area contributed by atoms with Crippen LogP contribution in [0, 0.1) is 13.8 Å². The Morgan fingerprint density at radius 1 is 1.12 bits per heavy atom. The minimum Gasteiger partial charge on any atom is -0.397 e. The zero-order chi connectivity index (χ0) is 11.7. The first kappa shape index (κ1) is 11.0. The summed E-state index contributed by atoms with van der Waals surface area (Å²) in [6.45, 7) is 3.97. The Balaban J connectivity index is 2.54. The molecule has 0 saturated heterocycles. The van der Waals surface area contributed by atoms with E-state index in [-0.39, 0.29) is 0 Å². The third-order valence-corrected chi connectivity index (χ3v) is 2.95. The molecule has 0 saturated carbocycles. The Bertz CT molecular complexity index is 535. The topological polar surface area (TPSA) is 38.9 Å². The first-order chi connectivity index (χ1) is 7.58. The van der Waals surface area contributed by atoms with Gasteiger partial charge < -0.3 is 5.73 Å². The fourth-order valence-corrected chi connectivity index (χ4v) is 1.82. The summed E-state index contributed by atoms with van der Waals surface area (Å²) in [6, 6.07) is 7.86. The van der Waals surface area contributed by atoms with Crippen molar-refractivity contribution in [3.8, 4) is 11.3 Å². The lowest BCUT2D eigenvalue weighted by molar-refractivity contribution is 1.27. The second-order valence-corrected chi connectivity index (χ2v) is 4.31. The predicted molar refractivity (Wildman–Crippen MR) is 68.6 cm³/mol. The lowest BCUT2D eigenvalue weighted by Gasteiger charge is -2.07. The van der Waals surface area contributed by atoms with E-state index < -0.39 is 0 Å². The molecule has 0 unspecified atom stereocenters. The highest BCUT2D eigenvalue weighted by atomic mass is 35.5. The van der Waals surface area contributed by atoms with Crippen molar-refractivity contribution in [2.75, 3.05) is 5.73 Å². The molecule has 2 rings (SSSR count). The Hall–Kier alpha value is -1.54. The Kier molecular flexibility index (Phi) is 2.84. The molecule has 0 spiro atoms. The fourth-order valence-electron chi connectivity index (χ4n) is 1.64. The monoisotopic (exact) mass is 232 g/mol. The summed E-state index contributed by atoms with van der Waals surface area (Å²) in [6.07, 6.45) is 1.66. The molecule has 82 valence electrons. The van der Waals surface area contributed by atoms with Crippen LogP contribution in [0.25, 0.3) is 11.3 Å². The number of benzene rings is 1. The summed E-state index contributed by atoms with van der Waals surface area (Å²) in [5.41, 5.74) is 10.4. The van der Waals surface area contributed by atoms with Crippen molar-refractivity contribution in [2.24, 2.45) is 0 Å². The van der Waals surface area contributed by atoms with E-state index in [9.17, 15) is 0 Å². The van der Waals surface area contributed by atoms with Gasteiger partial charge in [0.1, 0.15) is 0 Å². The predicted octanol–water partition coefficient (Wildman–Crippen LogP) is 3.60. The summed E-state index contributed by atoms with van der Waals surface area (Å²) in [7, 11) is 0. The van der Waals surface area contributed by atoms with Crippen LogP contribution in [0.15, 0.2) is 30.5 Å². The van der Waals surface area contributed by atoms with Crippen LogP contribution in [0.5, 0.6) is 0 Å². The standard InChI is InChI=1S/C13H13ClN2/c1-8-3-4-10(6-12(8)14)13-9(2)5-11(15)7-16-13/h3-7H,15H2,1-2H3. The van der Waals surface area contributed by atoms with Crippen LogP contribution >= 0.6 is 11.6 Å². The van der Waals surface area contributed by atoms with Gasteiger partial charge in [0.2, 0.25) is 0 Å². The van der Waals surface area contributed by atoms with Crippen molar-refractivity contribution in [3.63, 3.8) is 0 Å². The minimum atomic E-state index is 0.680. The van der Waals surface area contributed by atoms with E-state index in [4.69, 9.17) is 17.3 Å². The number of hydrogen-bond donors (Lipinski definition) is 1. The molecule has 0 bridgehead atoms. The number of hydrogen-bond acceptors (Lipinski definition) is 2. The van der Waals surface area contributed by atoms with Crippen molar-refractivity contribution in [2.45, 2.75) is 13.8 Å². The Labute approximate surface area is 100 Å². The molecular weight excluding hydrogens is 220 g/mol. The van der Waals surface area contributed by atoms with E-state index in [1.54, 1.807) is 6.20 Å². The molecule has 0 fully saturated rings. The van der Waals surface area contributed by atoms with Crippen molar-refractivity contribution in [3.05, 3.63) is 46.6 Å². The first-order valence-corrected chi connectivity index (χ1v) is 5.44. The number of nitrogens with two attached hydrogens (primary N) is 1. The van der Waals surface area contributed by atoms with Gasteiger partial charge >= 0.3 is 0 Å². The van der Waals surface area contributed by atoms with Gasteiger partial charge in [0.25, 0.3) is 0 Å². The van der Waals surface area contributed by atoms with E-state index >= 15 is 0 Å². The van der Waals surface area contributed by atoms with Crippen LogP contribution in [0.3, 0.4) is 0 Å². The van der Waals surface area contributed by atoms with Crippen molar-refractivity contribution < 1.29 is 0 Å². The number of halogens is 1. The first-order valence-electron chi connectivity index (χ1n) is 5.06. The quantitative estimate of drug-likeness (QED) is 0.816. The van der Waals surface area contributed by atoms with Gasteiger partial charge in [0.05, 0.1) is 17.6 Å². The van der Waals surface area contributed by atoms with Crippen LogP contribution in [-0.4, -0.2) is 4.98 Å². The van der Waals surface area contributed by atoms with Crippen molar-refractivity contribution in [1.82, 2.24) is 4.98 Å². The summed E-state index contributed by atoms with van der Waals surface area (Å²) >= 11 is 6.09. The van der Waals surface area contributed by atoms with Gasteiger partial charge in [-0.2, -0.15) is 0 Å². The number of pyridine rings is 1. The number of aryl methyl sites for hydroxylation is 2. The van der Waals surface area contributed by atoms with Crippen LogP contribution in [-0.2, 0) is 0 Å². The SMILES string of the molecule is Cc1ccc(-c2ncc(N)cc2C)cc1Cl. The average molecular weight is 233 g/mol. The van der Waals surface area contributed by atoms with Gasteiger partial charge in [-0.25, -0.2) is 0 Å². The molecule has 1 aromatic heterocycles. The summed E-state index contributed by atoms with van der Waals surface area (Å²) in [5.74, 6) is 0. The maximum Gasteiger partial charge on any atom is 0.0733 e. The number of rotatable bonds is 1. The van der Waals surface area contributed by atoms with Gasteiger partial charge in [-0.05, 0) is 37.1 Å². The smallest absolute Gasteiger partial charge is 0.0733 e. The van der Waals surface area contributed by atoms with Gasteiger partial charge in [-0.15, -0.1) is 0 Å². The maximum absolute atomic E-state index is 6.09. The minimum absolute atomic E-state index is 0.680. The molecule has 1 heterocycles. The van der Waals surface area contributed by atoms with Gasteiger partial charge in [0, 0.05) is 10.6 Å². The van der Waals surface area contributed by atoms with Crippen molar-refractivity contribution in [1.29, 1.82) is 0 Å². The largest absolute Gasteiger partial charge is 0.397 e. The molecule has 0 atom stereocenters. The molecular formula is C13H13ClN2. The summed E-state index contributed by atoms with van der Waals surface area (Å²) < 4.78 is 0. The summed E-state index contributed by atoms with van der Waals surface area (Å²) in [4.78, 5) is 4.34. The Morgan fingerprint density at radius 3 is 2.50 bits per heavy atom. The lowest BCUT2D eigenvalue weighted by Crippen LogP contribution is -1.92. The maximum atomic E-state index is 6.09. The lowest BCUT2D eigenvalue weighted by atomic mass is 10.1. The second kappa shape index (κ2) is 4.14. The molecule has 16 heavy (non-hydrogen) atoms. The highest BCUT2D eigenvalue weighted by Gasteiger charge is 2.05. The highest BCUT2D eigenvalue weighted by molar-refractivity contribution is 6.31. The highest BCUT2D eigenvalue weighted by Crippen LogP contribution is 2.26. The molecule has 0 aliphatic carbocycles. The van der Waals surface area contributed by atoms with Crippen LogP contribution in [0.4, 0.5) is 5.69 Å².